The van der Waals surface area contributed by atoms with Gasteiger partial charge in [-0.15, -0.1) is 10.2 Å². The van der Waals surface area contributed by atoms with Crippen LogP contribution in [0, 0.1) is 0 Å². The van der Waals surface area contributed by atoms with E-state index in [9.17, 15) is 4.79 Å². The number of amides is 1. The molecule has 0 spiro atoms. The minimum absolute atomic E-state index is 0.154. The molecule has 5 nitrogen and oxygen atoms in total. The normalized spacial score (nSPS) is 20.6. The van der Waals surface area contributed by atoms with E-state index in [0.717, 1.165) is 29.6 Å². The fourth-order valence-electron chi connectivity index (χ4n) is 3.63. The van der Waals surface area contributed by atoms with Gasteiger partial charge < -0.3 is 9.47 Å². The van der Waals surface area contributed by atoms with Crippen LogP contribution in [0.2, 0.25) is 0 Å². The summed E-state index contributed by atoms with van der Waals surface area (Å²) < 4.78 is 2.17. The lowest BCUT2D eigenvalue weighted by atomic mass is 10.1. The highest BCUT2D eigenvalue weighted by molar-refractivity contribution is 8.00. The van der Waals surface area contributed by atoms with Crippen molar-refractivity contribution in [3.05, 3.63) is 35.7 Å². The molecular weight excluding hydrogens is 332 g/mol. The third kappa shape index (κ3) is 2.97. The van der Waals surface area contributed by atoms with E-state index in [0.29, 0.717) is 5.92 Å². The Balaban J connectivity index is 1.53. The molecule has 4 rings (SSSR count). The molecule has 1 fully saturated rings. The summed E-state index contributed by atoms with van der Waals surface area (Å²) in [5.41, 5.74) is 2.32. The van der Waals surface area contributed by atoms with E-state index < -0.39 is 0 Å². The Morgan fingerprint density at radius 1 is 1.32 bits per heavy atom. The van der Waals surface area contributed by atoms with E-state index in [4.69, 9.17) is 0 Å². The Bertz CT molecular complexity index is 798. The van der Waals surface area contributed by atoms with Gasteiger partial charge in [0.05, 0.1) is 5.25 Å². The number of thioether (sulfide) groups is 1. The molecule has 0 radical (unpaired) electrons. The number of aromatic nitrogens is 3. The third-order valence-electron chi connectivity index (χ3n) is 5.08. The number of benzene rings is 1. The Morgan fingerprint density at radius 2 is 2.08 bits per heavy atom. The van der Waals surface area contributed by atoms with Gasteiger partial charge in [-0.1, -0.05) is 30.0 Å². The van der Waals surface area contributed by atoms with Crippen molar-refractivity contribution >= 4 is 23.4 Å². The lowest BCUT2D eigenvalue weighted by molar-refractivity contribution is -0.118. The lowest BCUT2D eigenvalue weighted by Gasteiger charge is -2.25. The van der Waals surface area contributed by atoms with E-state index in [2.05, 4.69) is 34.7 Å². The molecule has 1 aromatic heterocycles. The molecule has 0 unspecified atom stereocenters. The Morgan fingerprint density at radius 3 is 2.80 bits per heavy atom. The first-order valence-corrected chi connectivity index (χ1v) is 9.98. The zero-order valence-corrected chi connectivity index (χ0v) is 15.8. The molecule has 132 valence electrons. The van der Waals surface area contributed by atoms with Gasteiger partial charge in [-0.25, -0.2) is 0 Å². The Kier molecular flexibility index (Phi) is 4.31. The molecule has 25 heavy (non-hydrogen) atoms. The SMILES string of the molecule is CCn1c(S[C@@H](C)C(=O)N2c3ccccc3C[C@H]2C)nnc1C1CC1. The minimum Gasteiger partial charge on any atom is -0.308 e. The van der Waals surface area contributed by atoms with Crippen molar-refractivity contribution in [1.29, 1.82) is 0 Å². The minimum atomic E-state index is -0.185. The fraction of sp³-hybridized carbons (Fsp3) is 0.526. The van der Waals surface area contributed by atoms with Gasteiger partial charge in [0, 0.05) is 24.2 Å². The number of rotatable bonds is 5. The molecule has 1 saturated carbocycles. The van der Waals surface area contributed by atoms with E-state index in [1.54, 1.807) is 0 Å². The molecule has 0 saturated heterocycles. The summed E-state index contributed by atoms with van der Waals surface area (Å²) in [7, 11) is 0. The Labute approximate surface area is 152 Å². The van der Waals surface area contributed by atoms with Crippen molar-refractivity contribution in [3.63, 3.8) is 0 Å². The third-order valence-corrected chi connectivity index (χ3v) is 6.15. The molecule has 6 heteroatoms. The fourth-order valence-corrected chi connectivity index (χ4v) is 4.60. The van der Waals surface area contributed by atoms with Crippen molar-refractivity contribution in [3.8, 4) is 0 Å². The van der Waals surface area contributed by atoms with Gasteiger partial charge in [-0.3, -0.25) is 4.79 Å². The monoisotopic (exact) mass is 356 g/mol. The van der Waals surface area contributed by atoms with Crippen LogP contribution < -0.4 is 4.90 Å². The maximum Gasteiger partial charge on any atom is 0.240 e. The van der Waals surface area contributed by atoms with Gasteiger partial charge in [0.2, 0.25) is 5.91 Å². The molecule has 2 aliphatic rings. The van der Waals surface area contributed by atoms with Crippen molar-refractivity contribution in [2.45, 2.75) is 68.9 Å². The van der Waals surface area contributed by atoms with Gasteiger partial charge in [-0.2, -0.15) is 0 Å². The van der Waals surface area contributed by atoms with Crippen LogP contribution in [-0.4, -0.2) is 32.0 Å². The van der Waals surface area contributed by atoms with Crippen LogP contribution in [0.15, 0.2) is 29.4 Å². The quantitative estimate of drug-likeness (QED) is 0.768. The maximum atomic E-state index is 13.1. The second-order valence-corrected chi connectivity index (χ2v) is 8.32. The lowest BCUT2D eigenvalue weighted by Crippen LogP contribution is -2.40. The number of hydrogen-bond acceptors (Lipinski definition) is 4. The van der Waals surface area contributed by atoms with Crippen LogP contribution in [0.5, 0.6) is 0 Å². The largest absolute Gasteiger partial charge is 0.308 e. The van der Waals surface area contributed by atoms with Crippen molar-refractivity contribution in [2.24, 2.45) is 0 Å². The summed E-state index contributed by atoms with van der Waals surface area (Å²) in [6, 6.07) is 8.42. The van der Waals surface area contributed by atoms with Crippen molar-refractivity contribution in [2.75, 3.05) is 4.90 Å². The molecule has 1 amide bonds. The number of carbonyl (C=O) groups is 1. The summed E-state index contributed by atoms with van der Waals surface area (Å²) >= 11 is 1.53. The maximum absolute atomic E-state index is 13.1. The highest BCUT2D eigenvalue weighted by atomic mass is 32.2. The molecule has 2 heterocycles. The number of anilines is 1. The van der Waals surface area contributed by atoms with Gasteiger partial charge in [0.1, 0.15) is 5.82 Å². The molecule has 0 bridgehead atoms. The second kappa shape index (κ2) is 6.48. The van der Waals surface area contributed by atoms with Crippen LogP contribution in [0.1, 0.15) is 50.9 Å². The van der Waals surface area contributed by atoms with Gasteiger partial charge in [-0.05, 0) is 51.7 Å². The first kappa shape index (κ1) is 16.6. The number of carbonyl (C=O) groups excluding carboxylic acids is 1. The zero-order valence-electron chi connectivity index (χ0n) is 15.0. The second-order valence-electron chi connectivity index (χ2n) is 7.01. The summed E-state index contributed by atoms with van der Waals surface area (Å²) in [6.45, 7) is 7.07. The number of para-hydroxylation sites is 1. The van der Waals surface area contributed by atoms with E-state index >= 15 is 0 Å². The van der Waals surface area contributed by atoms with Crippen molar-refractivity contribution < 1.29 is 4.79 Å². The van der Waals surface area contributed by atoms with Crippen LogP contribution in [0.4, 0.5) is 5.69 Å². The summed E-state index contributed by atoms with van der Waals surface area (Å²) in [5.74, 6) is 1.81. The van der Waals surface area contributed by atoms with Crippen molar-refractivity contribution in [1.82, 2.24) is 14.8 Å². The molecular formula is C19H24N4OS. The van der Waals surface area contributed by atoms with Crippen LogP contribution in [-0.2, 0) is 17.8 Å². The standard InChI is InChI=1S/C19H24N4OS/c1-4-22-17(14-9-10-14)20-21-19(22)25-13(3)18(24)23-12(2)11-15-7-5-6-8-16(15)23/h5-8,12-14H,4,9-11H2,1-3H3/t12-,13+/m1/s1. The van der Waals surface area contributed by atoms with Crippen LogP contribution in [0.3, 0.4) is 0 Å². The average Bonchev–Trinajstić information content (AvgIpc) is 3.28. The van der Waals surface area contributed by atoms with Gasteiger partial charge in [0.25, 0.3) is 0 Å². The smallest absolute Gasteiger partial charge is 0.240 e. The van der Waals surface area contributed by atoms with E-state index in [-0.39, 0.29) is 17.2 Å². The molecule has 1 aliphatic carbocycles. The number of hydrogen-bond donors (Lipinski definition) is 0. The first-order chi connectivity index (χ1) is 12.1. The number of fused-ring (bicyclic) bond motifs is 1. The predicted molar refractivity (Wildman–Crippen MR) is 100 cm³/mol. The predicted octanol–water partition coefficient (Wildman–Crippen LogP) is 3.63. The van der Waals surface area contributed by atoms with Crippen LogP contribution in [0.25, 0.3) is 0 Å². The highest BCUT2D eigenvalue weighted by Gasteiger charge is 2.35. The number of nitrogens with zero attached hydrogens (tertiary/aromatic N) is 4. The average molecular weight is 356 g/mol. The molecule has 1 aliphatic heterocycles. The Hall–Kier alpha value is -1.82. The van der Waals surface area contributed by atoms with E-state index in [1.165, 1.54) is 30.2 Å². The van der Waals surface area contributed by atoms with Crippen LogP contribution >= 0.6 is 11.8 Å². The van der Waals surface area contributed by atoms with Gasteiger partial charge >= 0.3 is 0 Å². The van der Waals surface area contributed by atoms with Gasteiger partial charge in [0.15, 0.2) is 5.16 Å². The summed E-state index contributed by atoms with van der Waals surface area (Å²) in [5, 5.41) is 9.42. The van der Waals surface area contributed by atoms with E-state index in [1.807, 2.05) is 30.0 Å². The molecule has 0 N–H and O–H groups in total. The summed E-state index contributed by atoms with van der Waals surface area (Å²) in [6.07, 6.45) is 3.34. The first-order valence-electron chi connectivity index (χ1n) is 9.10. The summed E-state index contributed by atoms with van der Waals surface area (Å²) in [4.78, 5) is 15.1. The molecule has 1 aromatic carbocycles. The molecule has 2 aromatic rings. The highest BCUT2D eigenvalue weighted by Crippen LogP contribution is 2.40. The topological polar surface area (TPSA) is 51.0 Å². The zero-order chi connectivity index (χ0) is 17.6. The molecule has 2 atom stereocenters.